The number of nitrogens with one attached hydrogen (secondary N) is 1. The molecule has 0 aromatic heterocycles. The Morgan fingerprint density at radius 3 is 2.67 bits per heavy atom. The minimum Gasteiger partial charge on any atom is -0.409 e. The quantitative estimate of drug-likeness (QED) is 0.147. The lowest BCUT2D eigenvalue weighted by Gasteiger charge is -2.22. The predicted molar refractivity (Wildman–Crippen MR) is 76.6 cm³/mol. The lowest BCUT2D eigenvalue weighted by Crippen LogP contribution is -2.32. The predicted octanol–water partition coefficient (Wildman–Crippen LogP) is 2.32. The summed E-state index contributed by atoms with van der Waals surface area (Å²) in [5, 5.41) is 15.1. The Bertz CT molecular complexity index is 292. The van der Waals surface area contributed by atoms with Crippen molar-refractivity contribution in [1.82, 2.24) is 5.32 Å². The van der Waals surface area contributed by atoms with Gasteiger partial charge in [-0.05, 0) is 25.8 Å². The van der Waals surface area contributed by atoms with Gasteiger partial charge in [-0.15, -0.1) is 6.42 Å². The van der Waals surface area contributed by atoms with Crippen molar-refractivity contribution in [2.75, 3.05) is 6.54 Å². The van der Waals surface area contributed by atoms with Crippen LogP contribution in [0.1, 0.15) is 52.9 Å². The molecule has 0 spiro atoms. The Morgan fingerprint density at radius 1 is 1.50 bits per heavy atom. The van der Waals surface area contributed by atoms with Gasteiger partial charge in [-0.3, -0.25) is 0 Å². The van der Waals surface area contributed by atoms with Crippen LogP contribution in [0.3, 0.4) is 0 Å². The monoisotopic (exact) mass is 253 g/mol. The molecule has 0 rings (SSSR count). The van der Waals surface area contributed by atoms with Gasteiger partial charge in [0.05, 0.1) is 6.04 Å². The van der Waals surface area contributed by atoms with Crippen molar-refractivity contribution >= 4 is 5.84 Å². The first-order valence-corrected chi connectivity index (χ1v) is 6.65. The Hall–Kier alpha value is -1.21. The van der Waals surface area contributed by atoms with Crippen LogP contribution in [0.5, 0.6) is 0 Å². The number of amidine groups is 1. The van der Waals surface area contributed by atoms with Crippen molar-refractivity contribution in [1.29, 1.82) is 0 Å². The lowest BCUT2D eigenvalue weighted by molar-refractivity contribution is 0.304. The third kappa shape index (κ3) is 6.51. The zero-order valence-electron chi connectivity index (χ0n) is 11.9. The molecule has 104 valence electrons. The van der Waals surface area contributed by atoms with Crippen molar-refractivity contribution in [3.05, 3.63) is 0 Å². The van der Waals surface area contributed by atoms with E-state index in [9.17, 15) is 0 Å². The molecular weight excluding hydrogens is 226 g/mol. The molecule has 1 atom stereocenters. The second-order valence-corrected chi connectivity index (χ2v) is 5.29. The summed E-state index contributed by atoms with van der Waals surface area (Å²) in [5.74, 6) is 3.05. The van der Waals surface area contributed by atoms with E-state index in [4.69, 9.17) is 17.4 Å². The fourth-order valence-corrected chi connectivity index (χ4v) is 1.76. The number of hydrogen-bond donors (Lipinski definition) is 3. The Balaban J connectivity index is 3.78. The summed E-state index contributed by atoms with van der Waals surface area (Å²) in [7, 11) is 0. The minimum absolute atomic E-state index is 0.187. The Kier molecular flexibility index (Phi) is 8.23. The maximum Gasteiger partial charge on any atom is 0.144 e. The average Bonchev–Trinajstić information content (AvgIpc) is 2.35. The molecule has 4 nitrogen and oxygen atoms in total. The summed E-state index contributed by atoms with van der Waals surface area (Å²) in [5.41, 5.74) is 5.39. The smallest absolute Gasteiger partial charge is 0.144 e. The summed E-state index contributed by atoms with van der Waals surface area (Å²) in [4.78, 5) is 0. The molecular formula is C14H27N3O. The van der Waals surface area contributed by atoms with Crippen LogP contribution in [0.15, 0.2) is 5.16 Å². The molecule has 0 aliphatic carbocycles. The van der Waals surface area contributed by atoms with Crippen molar-refractivity contribution in [2.24, 2.45) is 16.3 Å². The Labute approximate surface area is 111 Å². The summed E-state index contributed by atoms with van der Waals surface area (Å²) >= 11 is 0. The third-order valence-corrected chi connectivity index (χ3v) is 3.20. The van der Waals surface area contributed by atoms with E-state index in [1.807, 2.05) is 13.8 Å². The molecule has 0 bridgehead atoms. The fourth-order valence-electron chi connectivity index (χ4n) is 1.76. The van der Waals surface area contributed by atoms with Gasteiger partial charge in [0.15, 0.2) is 0 Å². The number of oxime groups is 1. The molecule has 4 heteroatoms. The molecule has 4 N–H and O–H groups in total. The molecule has 0 aromatic carbocycles. The van der Waals surface area contributed by atoms with Crippen LogP contribution < -0.4 is 11.1 Å². The van der Waals surface area contributed by atoms with Crippen LogP contribution in [-0.2, 0) is 0 Å². The van der Waals surface area contributed by atoms with Crippen molar-refractivity contribution in [3.63, 3.8) is 0 Å². The van der Waals surface area contributed by atoms with Gasteiger partial charge in [-0.25, -0.2) is 0 Å². The van der Waals surface area contributed by atoms with Crippen LogP contribution in [-0.4, -0.2) is 23.6 Å². The zero-order chi connectivity index (χ0) is 14.0. The highest BCUT2D eigenvalue weighted by Crippen LogP contribution is 2.23. The van der Waals surface area contributed by atoms with Gasteiger partial charge in [0, 0.05) is 5.41 Å². The van der Waals surface area contributed by atoms with Gasteiger partial charge < -0.3 is 16.3 Å². The second-order valence-electron chi connectivity index (χ2n) is 5.29. The number of rotatable bonds is 9. The van der Waals surface area contributed by atoms with E-state index in [2.05, 4.69) is 23.3 Å². The number of terminal acetylenes is 1. The van der Waals surface area contributed by atoms with Crippen molar-refractivity contribution in [2.45, 2.75) is 58.9 Å². The molecule has 0 aliphatic heterocycles. The zero-order valence-corrected chi connectivity index (χ0v) is 11.9. The SMILES string of the molecule is C#CC(CCC)NCCCCC(C)(C)C(N)=NO. The first kappa shape index (κ1) is 16.8. The summed E-state index contributed by atoms with van der Waals surface area (Å²) < 4.78 is 0. The normalized spacial score (nSPS) is 14.2. The van der Waals surface area contributed by atoms with E-state index in [0.717, 1.165) is 38.6 Å². The molecule has 0 aromatic rings. The van der Waals surface area contributed by atoms with Crippen molar-refractivity contribution < 1.29 is 5.21 Å². The standard InChI is InChI=1S/C14H27N3O/c1-5-9-12(6-2)16-11-8-7-10-14(3,4)13(15)17-18/h2,12,16,18H,5,7-11H2,1,3-4H3,(H2,15,17). The first-order chi connectivity index (χ1) is 8.47. The minimum atomic E-state index is -0.246. The van der Waals surface area contributed by atoms with Crippen LogP contribution in [0.2, 0.25) is 0 Å². The average molecular weight is 253 g/mol. The highest BCUT2D eigenvalue weighted by atomic mass is 16.4. The molecule has 0 fully saturated rings. The van der Waals surface area contributed by atoms with Gasteiger partial charge in [-0.1, -0.05) is 44.7 Å². The van der Waals surface area contributed by atoms with Crippen LogP contribution in [0.4, 0.5) is 0 Å². The Morgan fingerprint density at radius 2 is 2.17 bits per heavy atom. The van der Waals surface area contributed by atoms with Crippen LogP contribution in [0.25, 0.3) is 0 Å². The topological polar surface area (TPSA) is 70.6 Å². The van der Waals surface area contributed by atoms with Gasteiger partial charge in [-0.2, -0.15) is 0 Å². The molecule has 0 saturated heterocycles. The molecule has 0 amide bonds. The van der Waals surface area contributed by atoms with Crippen LogP contribution >= 0.6 is 0 Å². The summed E-state index contributed by atoms with van der Waals surface area (Å²) in [6, 6.07) is 0.187. The molecule has 18 heavy (non-hydrogen) atoms. The fraction of sp³-hybridized carbons (Fsp3) is 0.786. The number of hydrogen-bond acceptors (Lipinski definition) is 3. The second kappa shape index (κ2) is 8.82. The van der Waals surface area contributed by atoms with E-state index in [-0.39, 0.29) is 11.5 Å². The van der Waals surface area contributed by atoms with E-state index < -0.39 is 0 Å². The highest BCUT2D eigenvalue weighted by molar-refractivity contribution is 5.85. The van der Waals surface area contributed by atoms with Gasteiger partial charge in [0.2, 0.25) is 0 Å². The molecule has 0 heterocycles. The largest absolute Gasteiger partial charge is 0.409 e. The van der Waals surface area contributed by atoms with E-state index >= 15 is 0 Å². The highest BCUT2D eigenvalue weighted by Gasteiger charge is 2.22. The number of unbranched alkanes of at least 4 members (excludes halogenated alkanes) is 1. The molecule has 0 saturated carbocycles. The molecule has 0 radical (unpaired) electrons. The summed E-state index contributed by atoms with van der Waals surface area (Å²) in [6.45, 7) is 7.01. The van der Waals surface area contributed by atoms with Crippen molar-refractivity contribution in [3.8, 4) is 12.3 Å². The molecule has 0 aliphatic rings. The maximum atomic E-state index is 8.67. The number of nitrogens with zero attached hydrogens (tertiary/aromatic N) is 1. The lowest BCUT2D eigenvalue weighted by atomic mass is 9.86. The van der Waals surface area contributed by atoms with E-state index in [1.54, 1.807) is 0 Å². The van der Waals surface area contributed by atoms with Crippen LogP contribution in [0, 0.1) is 17.8 Å². The van der Waals surface area contributed by atoms with Gasteiger partial charge in [0.25, 0.3) is 0 Å². The van der Waals surface area contributed by atoms with E-state index in [1.165, 1.54) is 0 Å². The van der Waals surface area contributed by atoms with Gasteiger partial charge >= 0.3 is 0 Å². The number of nitrogens with two attached hydrogens (primary N) is 1. The third-order valence-electron chi connectivity index (χ3n) is 3.20. The van der Waals surface area contributed by atoms with Gasteiger partial charge in [0.1, 0.15) is 5.84 Å². The summed E-state index contributed by atoms with van der Waals surface area (Å²) in [6.07, 6.45) is 10.5. The molecule has 1 unspecified atom stereocenters. The van der Waals surface area contributed by atoms with E-state index in [0.29, 0.717) is 5.84 Å². The maximum absolute atomic E-state index is 8.67. The first-order valence-electron chi connectivity index (χ1n) is 6.65.